The molecule has 5 nitrogen and oxygen atoms in total. The Morgan fingerprint density at radius 3 is 2.75 bits per heavy atom. The molecule has 0 radical (unpaired) electrons. The van der Waals surface area contributed by atoms with Crippen LogP contribution in [-0.4, -0.2) is 29.1 Å². The Labute approximate surface area is 145 Å². The van der Waals surface area contributed by atoms with E-state index in [-0.39, 0.29) is 19.1 Å². The van der Waals surface area contributed by atoms with Crippen molar-refractivity contribution in [2.45, 2.75) is 38.2 Å². The van der Waals surface area contributed by atoms with Gasteiger partial charge in [-0.3, -0.25) is 4.79 Å². The second-order valence-corrected chi connectivity index (χ2v) is 6.84. The molecule has 0 unspecified atom stereocenters. The highest BCUT2D eigenvalue weighted by Crippen LogP contribution is 2.35. The second-order valence-electron chi connectivity index (χ2n) is 5.95. The summed E-state index contributed by atoms with van der Waals surface area (Å²) in [5.74, 6) is 1.15. The molecule has 1 aromatic carbocycles. The number of aromatic nitrogens is 1. The number of hydrogen-bond donors (Lipinski definition) is 2. The fourth-order valence-electron chi connectivity index (χ4n) is 2.88. The van der Waals surface area contributed by atoms with E-state index in [0.717, 1.165) is 5.69 Å². The molecular weight excluding hydrogens is 324 g/mol. The summed E-state index contributed by atoms with van der Waals surface area (Å²) in [6.45, 7) is 0.632. The maximum Gasteiger partial charge on any atom is 0.251 e. The predicted octanol–water partition coefficient (Wildman–Crippen LogP) is 3.10. The van der Waals surface area contributed by atoms with Crippen LogP contribution >= 0.6 is 11.3 Å². The Balaban J connectivity index is 1.52. The van der Waals surface area contributed by atoms with Crippen molar-refractivity contribution < 1.29 is 14.6 Å². The van der Waals surface area contributed by atoms with Crippen LogP contribution in [0.4, 0.5) is 0 Å². The minimum atomic E-state index is -0.198. The van der Waals surface area contributed by atoms with Crippen LogP contribution in [0.15, 0.2) is 29.6 Å². The van der Waals surface area contributed by atoms with Gasteiger partial charge in [-0.2, -0.15) is 0 Å². The van der Waals surface area contributed by atoms with E-state index in [9.17, 15) is 4.79 Å². The van der Waals surface area contributed by atoms with Gasteiger partial charge < -0.3 is 15.2 Å². The summed E-state index contributed by atoms with van der Waals surface area (Å²) in [6.07, 6.45) is 5.14. The lowest BCUT2D eigenvalue weighted by Gasteiger charge is -2.07. The summed E-state index contributed by atoms with van der Waals surface area (Å²) in [7, 11) is 0. The first-order valence-electron chi connectivity index (χ1n) is 8.32. The third-order valence-corrected chi connectivity index (χ3v) is 5.23. The molecule has 3 rings (SSSR count). The zero-order valence-electron chi connectivity index (χ0n) is 13.5. The van der Waals surface area contributed by atoms with E-state index < -0.39 is 0 Å². The van der Waals surface area contributed by atoms with E-state index in [1.165, 1.54) is 30.7 Å². The van der Waals surface area contributed by atoms with Gasteiger partial charge in [0.15, 0.2) is 0 Å². The molecule has 1 aliphatic carbocycles. The maximum atomic E-state index is 11.8. The van der Waals surface area contributed by atoms with Gasteiger partial charge in [0.2, 0.25) is 0 Å². The van der Waals surface area contributed by atoms with Crippen LogP contribution in [0.1, 0.15) is 52.7 Å². The maximum absolute atomic E-state index is 11.8. The molecule has 1 aliphatic rings. The van der Waals surface area contributed by atoms with Crippen molar-refractivity contribution in [3.63, 3.8) is 0 Å². The lowest BCUT2D eigenvalue weighted by molar-refractivity contribution is 0.0944. The zero-order chi connectivity index (χ0) is 16.8. The highest BCUT2D eigenvalue weighted by atomic mass is 32.1. The Morgan fingerprint density at radius 2 is 2.04 bits per heavy atom. The molecule has 0 aliphatic heterocycles. The molecule has 1 heterocycles. The van der Waals surface area contributed by atoms with Gasteiger partial charge in [0.1, 0.15) is 12.4 Å². The van der Waals surface area contributed by atoms with Gasteiger partial charge in [-0.25, -0.2) is 4.98 Å². The van der Waals surface area contributed by atoms with Gasteiger partial charge in [0, 0.05) is 23.4 Å². The number of nitrogens with zero attached hydrogens (tertiary/aromatic N) is 1. The number of ether oxygens (including phenoxy) is 1. The predicted molar refractivity (Wildman–Crippen MR) is 93.5 cm³/mol. The van der Waals surface area contributed by atoms with Crippen molar-refractivity contribution in [1.82, 2.24) is 10.3 Å². The average molecular weight is 346 g/mol. The largest absolute Gasteiger partial charge is 0.487 e. The van der Waals surface area contributed by atoms with Crippen molar-refractivity contribution in [1.29, 1.82) is 0 Å². The summed E-state index contributed by atoms with van der Waals surface area (Å²) >= 11 is 1.73. The van der Waals surface area contributed by atoms with E-state index >= 15 is 0 Å². The van der Waals surface area contributed by atoms with E-state index in [1.54, 1.807) is 35.6 Å². The minimum absolute atomic E-state index is 0.0661. The molecule has 1 amide bonds. The molecule has 2 aromatic rings. The van der Waals surface area contributed by atoms with Crippen molar-refractivity contribution >= 4 is 17.2 Å². The van der Waals surface area contributed by atoms with E-state index in [2.05, 4.69) is 10.7 Å². The Hall–Kier alpha value is -1.92. The molecular formula is C18H22N2O3S. The summed E-state index contributed by atoms with van der Waals surface area (Å²) in [5.41, 5.74) is 1.51. The molecule has 1 saturated carbocycles. The fraction of sp³-hybridized carbons (Fsp3) is 0.444. The number of hydrogen-bond acceptors (Lipinski definition) is 5. The first kappa shape index (κ1) is 16.9. The molecule has 0 saturated heterocycles. The molecule has 6 heteroatoms. The highest BCUT2D eigenvalue weighted by Gasteiger charge is 2.20. The standard InChI is InChI=1S/C18H22N2O3S/c21-10-9-19-17(22)13-5-7-16(8-6-13)23-11-15-12-24-18(20-15)14-3-1-2-4-14/h5-8,12,14,21H,1-4,9-11H2,(H,19,22). The third kappa shape index (κ3) is 4.33. The number of aliphatic hydroxyl groups is 1. The summed E-state index contributed by atoms with van der Waals surface area (Å²) in [5, 5.41) is 14.6. The number of amides is 1. The summed E-state index contributed by atoms with van der Waals surface area (Å²) < 4.78 is 5.76. The van der Waals surface area contributed by atoms with E-state index in [1.807, 2.05) is 0 Å². The third-order valence-electron chi connectivity index (χ3n) is 4.17. The number of nitrogens with one attached hydrogen (secondary N) is 1. The Bertz CT molecular complexity index is 663. The number of thiazole rings is 1. The number of benzene rings is 1. The minimum Gasteiger partial charge on any atom is -0.487 e. The van der Waals surface area contributed by atoms with Gasteiger partial charge in [-0.15, -0.1) is 11.3 Å². The first-order valence-corrected chi connectivity index (χ1v) is 9.20. The number of aliphatic hydroxyl groups excluding tert-OH is 1. The molecule has 128 valence electrons. The van der Waals surface area contributed by atoms with Crippen molar-refractivity contribution in [3.8, 4) is 5.75 Å². The van der Waals surface area contributed by atoms with Crippen LogP contribution in [0, 0.1) is 0 Å². The molecule has 0 atom stereocenters. The molecule has 0 spiro atoms. The normalized spacial score (nSPS) is 14.7. The highest BCUT2D eigenvalue weighted by molar-refractivity contribution is 7.09. The quantitative estimate of drug-likeness (QED) is 0.808. The topological polar surface area (TPSA) is 71.5 Å². The Kier molecular flexibility index (Phi) is 5.82. The molecule has 1 fully saturated rings. The van der Waals surface area contributed by atoms with Gasteiger partial charge >= 0.3 is 0 Å². The van der Waals surface area contributed by atoms with Crippen molar-refractivity contribution in [3.05, 3.63) is 45.9 Å². The van der Waals surface area contributed by atoms with E-state index in [0.29, 0.717) is 23.8 Å². The molecule has 2 N–H and O–H groups in total. The molecule has 24 heavy (non-hydrogen) atoms. The molecule has 1 aromatic heterocycles. The average Bonchev–Trinajstić information content (AvgIpc) is 3.29. The van der Waals surface area contributed by atoms with Crippen molar-refractivity contribution in [2.75, 3.05) is 13.2 Å². The lowest BCUT2D eigenvalue weighted by Crippen LogP contribution is -2.26. The van der Waals surface area contributed by atoms with Crippen LogP contribution in [0.3, 0.4) is 0 Å². The Morgan fingerprint density at radius 1 is 1.29 bits per heavy atom. The summed E-state index contributed by atoms with van der Waals surface area (Å²) in [4.78, 5) is 16.4. The first-order chi connectivity index (χ1) is 11.8. The molecule has 0 bridgehead atoms. The van der Waals surface area contributed by atoms with Gasteiger partial charge in [0.25, 0.3) is 5.91 Å². The van der Waals surface area contributed by atoms with Gasteiger partial charge in [-0.1, -0.05) is 12.8 Å². The van der Waals surface area contributed by atoms with Crippen LogP contribution in [0.2, 0.25) is 0 Å². The summed E-state index contributed by atoms with van der Waals surface area (Å²) in [6, 6.07) is 6.98. The fourth-order valence-corrected chi connectivity index (χ4v) is 3.86. The second kappa shape index (κ2) is 8.26. The zero-order valence-corrected chi connectivity index (χ0v) is 14.3. The SMILES string of the molecule is O=C(NCCO)c1ccc(OCc2csc(C3CCCC3)n2)cc1. The number of carbonyl (C=O) groups is 1. The van der Waals surface area contributed by atoms with Gasteiger partial charge in [-0.05, 0) is 37.1 Å². The lowest BCUT2D eigenvalue weighted by atomic mass is 10.1. The van der Waals surface area contributed by atoms with Crippen LogP contribution in [0.25, 0.3) is 0 Å². The van der Waals surface area contributed by atoms with Crippen LogP contribution in [0.5, 0.6) is 5.75 Å². The van der Waals surface area contributed by atoms with Crippen LogP contribution < -0.4 is 10.1 Å². The smallest absolute Gasteiger partial charge is 0.251 e. The number of rotatable bonds is 7. The van der Waals surface area contributed by atoms with E-state index in [4.69, 9.17) is 14.8 Å². The monoisotopic (exact) mass is 346 g/mol. The van der Waals surface area contributed by atoms with Gasteiger partial charge in [0.05, 0.1) is 17.3 Å². The number of carbonyl (C=O) groups excluding carboxylic acids is 1. The van der Waals surface area contributed by atoms with Crippen LogP contribution in [-0.2, 0) is 6.61 Å². The van der Waals surface area contributed by atoms with Crippen molar-refractivity contribution in [2.24, 2.45) is 0 Å².